The lowest BCUT2D eigenvalue weighted by Gasteiger charge is -2.33. The molecule has 0 amide bonds. The van der Waals surface area contributed by atoms with Gasteiger partial charge in [-0.2, -0.15) is 0 Å². The van der Waals surface area contributed by atoms with Gasteiger partial charge < -0.3 is 9.84 Å². The standard InChI is InChI=1S/C13H17ClO2/c1-16-12-6-5-10(14)9-11(12)13(15)7-3-2-4-8-13/h5-6,9,15H,2-4,7-8H2,1H3. The van der Waals surface area contributed by atoms with Gasteiger partial charge in [0.1, 0.15) is 5.75 Å². The predicted molar refractivity (Wildman–Crippen MR) is 65.0 cm³/mol. The van der Waals surface area contributed by atoms with Gasteiger partial charge in [0.2, 0.25) is 0 Å². The smallest absolute Gasteiger partial charge is 0.125 e. The maximum Gasteiger partial charge on any atom is 0.125 e. The van der Waals surface area contributed by atoms with E-state index in [1.807, 2.05) is 12.1 Å². The zero-order valence-electron chi connectivity index (χ0n) is 9.50. The Kier molecular flexibility index (Phi) is 3.41. The first-order chi connectivity index (χ1) is 7.65. The molecule has 0 heterocycles. The van der Waals surface area contributed by atoms with Crippen LogP contribution >= 0.6 is 11.6 Å². The lowest BCUT2D eigenvalue weighted by atomic mass is 9.79. The summed E-state index contributed by atoms with van der Waals surface area (Å²) in [6.07, 6.45) is 4.91. The van der Waals surface area contributed by atoms with Crippen molar-refractivity contribution < 1.29 is 9.84 Å². The molecule has 1 saturated carbocycles. The lowest BCUT2D eigenvalue weighted by molar-refractivity contribution is -0.00256. The molecule has 0 aromatic heterocycles. The summed E-state index contributed by atoms with van der Waals surface area (Å²) >= 11 is 5.99. The van der Waals surface area contributed by atoms with E-state index in [0.717, 1.165) is 37.0 Å². The summed E-state index contributed by atoms with van der Waals surface area (Å²) in [6.45, 7) is 0. The van der Waals surface area contributed by atoms with Crippen molar-refractivity contribution in [1.82, 2.24) is 0 Å². The van der Waals surface area contributed by atoms with Crippen molar-refractivity contribution in [3.8, 4) is 5.75 Å². The van der Waals surface area contributed by atoms with Gasteiger partial charge in [-0.15, -0.1) is 0 Å². The zero-order valence-corrected chi connectivity index (χ0v) is 10.3. The van der Waals surface area contributed by atoms with Gasteiger partial charge in [-0.3, -0.25) is 0 Å². The molecule has 1 aromatic carbocycles. The number of hydrogen-bond donors (Lipinski definition) is 1. The SMILES string of the molecule is COc1ccc(Cl)cc1C1(O)CCCCC1. The van der Waals surface area contributed by atoms with Crippen LogP contribution in [0.2, 0.25) is 5.02 Å². The highest BCUT2D eigenvalue weighted by Crippen LogP contribution is 2.41. The van der Waals surface area contributed by atoms with Gasteiger partial charge in [-0.1, -0.05) is 30.9 Å². The van der Waals surface area contributed by atoms with Crippen LogP contribution in [0, 0.1) is 0 Å². The summed E-state index contributed by atoms with van der Waals surface area (Å²) < 4.78 is 5.30. The van der Waals surface area contributed by atoms with Crippen LogP contribution in [-0.4, -0.2) is 12.2 Å². The van der Waals surface area contributed by atoms with E-state index in [4.69, 9.17) is 16.3 Å². The van der Waals surface area contributed by atoms with E-state index in [1.54, 1.807) is 13.2 Å². The fraction of sp³-hybridized carbons (Fsp3) is 0.538. The minimum atomic E-state index is -0.755. The first kappa shape index (κ1) is 11.7. The molecule has 0 bridgehead atoms. The maximum atomic E-state index is 10.6. The topological polar surface area (TPSA) is 29.5 Å². The van der Waals surface area contributed by atoms with Gasteiger partial charge >= 0.3 is 0 Å². The molecule has 0 saturated heterocycles. The fourth-order valence-electron chi connectivity index (χ4n) is 2.45. The van der Waals surface area contributed by atoms with Crippen LogP contribution in [-0.2, 0) is 5.60 Å². The van der Waals surface area contributed by atoms with Crippen LogP contribution in [0.1, 0.15) is 37.7 Å². The highest BCUT2D eigenvalue weighted by atomic mass is 35.5. The second kappa shape index (κ2) is 4.64. The van der Waals surface area contributed by atoms with Gasteiger partial charge in [0.15, 0.2) is 0 Å². The minimum Gasteiger partial charge on any atom is -0.496 e. The molecule has 0 atom stereocenters. The van der Waals surface area contributed by atoms with Crippen molar-refractivity contribution >= 4 is 11.6 Å². The van der Waals surface area contributed by atoms with E-state index >= 15 is 0 Å². The molecule has 1 aliphatic carbocycles. The summed E-state index contributed by atoms with van der Waals surface area (Å²) in [7, 11) is 1.62. The first-order valence-corrected chi connectivity index (χ1v) is 6.10. The quantitative estimate of drug-likeness (QED) is 0.858. The molecule has 0 aliphatic heterocycles. The van der Waals surface area contributed by atoms with E-state index in [2.05, 4.69) is 0 Å². The zero-order chi connectivity index (χ0) is 11.6. The number of rotatable bonds is 2. The van der Waals surface area contributed by atoms with Crippen molar-refractivity contribution in [3.05, 3.63) is 28.8 Å². The average molecular weight is 241 g/mol. The maximum absolute atomic E-state index is 10.6. The number of hydrogen-bond acceptors (Lipinski definition) is 2. The third-order valence-corrected chi connectivity index (χ3v) is 3.58. The molecular formula is C13H17ClO2. The normalized spacial score (nSPS) is 19.4. The molecule has 2 rings (SSSR count). The highest BCUT2D eigenvalue weighted by molar-refractivity contribution is 6.30. The minimum absolute atomic E-state index is 0.648. The summed E-state index contributed by atoms with van der Waals surface area (Å²) in [5, 5.41) is 11.3. The Morgan fingerprint density at radius 2 is 1.94 bits per heavy atom. The van der Waals surface area contributed by atoms with Gasteiger partial charge in [-0.05, 0) is 31.0 Å². The molecule has 2 nitrogen and oxygen atoms in total. The van der Waals surface area contributed by atoms with E-state index in [0.29, 0.717) is 5.02 Å². The molecular weight excluding hydrogens is 224 g/mol. The second-order valence-corrected chi connectivity index (χ2v) is 4.87. The predicted octanol–water partition coefficient (Wildman–Crippen LogP) is 3.50. The summed E-state index contributed by atoms with van der Waals surface area (Å²) in [5.41, 5.74) is 0.0799. The number of halogens is 1. The van der Waals surface area contributed by atoms with Crippen molar-refractivity contribution in [2.45, 2.75) is 37.7 Å². The van der Waals surface area contributed by atoms with Gasteiger partial charge in [-0.25, -0.2) is 0 Å². The molecule has 1 aliphatic rings. The molecule has 3 heteroatoms. The van der Waals surface area contributed by atoms with Crippen LogP contribution in [0.15, 0.2) is 18.2 Å². The monoisotopic (exact) mass is 240 g/mol. The lowest BCUT2D eigenvalue weighted by Crippen LogP contribution is -2.28. The highest BCUT2D eigenvalue weighted by Gasteiger charge is 2.33. The van der Waals surface area contributed by atoms with Crippen LogP contribution in [0.25, 0.3) is 0 Å². The number of aliphatic hydroxyl groups is 1. The van der Waals surface area contributed by atoms with Crippen LogP contribution in [0.5, 0.6) is 5.75 Å². The largest absolute Gasteiger partial charge is 0.496 e. The Balaban J connectivity index is 2.40. The van der Waals surface area contributed by atoms with Gasteiger partial charge in [0.25, 0.3) is 0 Å². The fourth-order valence-corrected chi connectivity index (χ4v) is 2.62. The molecule has 0 spiro atoms. The van der Waals surface area contributed by atoms with Crippen LogP contribution in [0.4, 0.5) is 0 Å². The molecule has 1 N–H and O–H groups in total. The molecule has 0 unspecified atom stereocenters. The van der Waals surface area contributed by atoms with E-state index in [-0.39, 0.29) is 0 Å². The average Bonchev–Trinajstić information content (AvgIpc) is 2.30. The summed E-state index contributed by atoms with van der Waals surface area (Å²) in [4.78, 5) is 0. The van der Waals surface area contributed by atoms with E-state index in [1.165, 1.54) is 6.42 Å². The van der Waals surface area contributed by atoms with Crippen molar-refractivity contribution in [2.75, 3.05) is 7.11 Å². The Labute approximate surface area is 101 Å². The number of ether oxygens (including phenoxy) is 1. The number of benzene rings is 1. The van der Waals surface area contributed by atoms with E-state index < -0.39 is 5.60 Å². The molecule has 1 fully saturated rings. The molecule has 16 heavy (non-hydrogen) atoms. The van der Waals surface area contributed by atoms with Crippen LogP contribution in [0.3, 0.4) is 0 Å². The molecule has 1 aromatic rings. The Bertz CT molecular complexity index is 370. The Morgan fingerprint density at radius 3 is 2.56 bits per heavy atom. The van der Waals surface area contributed by atoms with Gasteiger partial charge in [0, 0.05) is 10.6 Å². The third kappa shape index (κ3) is 2.18. The van der Waals surface area contributed by atoms with Gasteiger partial charge in [0.05, 0.1) is 12.7 Å². The van der Waals surface area contributed by atoms with Crippen molar-refractivity contribution in [2.24, 2.45) is 0 Å². The summed E-state index contributed by atoms with van der Waals surface area (Å²) in [5.74, 6) is 0.730. The molecule has 88 valence electrons. The Hall–Kier alpha value is -0.730. The molecule has 0 radical (unpaired) electrons. The second-order valence-electron chi connectivity index (χ2n) is 4.44. The third-order valence-electron chi connectivity index (χ3n) is 3.34. The Morgan fingerprint density at radius 1 is 1.25 bits per heavy atom. The van der Waals surface area contributed by atoms with Crippen molar-refractivity contribution in [1.29, 1.82) is 0 Å². The van der Waals surface area contributed by atoms with Crippen LogP contribution < -0.4 is 4.74 Å². The van der Waals surface area contributed by atoms with E-state index in [9.17, 15) is 5.11 Å². The first-order valence-electron chi connectivity index (χ1n) is 5.72. The van der Waals surface area contributed by atoms with Crippen molar-refractivity contribution in [3.63, 3.8) is 0 Å². The number of methoxy groups -OCH3 is 1. The summed E-state index contributed by atoms with van der Waals surface area (Å²) in [6, 6.07) is 5.44.